The zero-order valence-electron chi connectivity index (χ0n) is 47.2. The highest BCUT2D eigenvalue weighted by Crippen LogP contribution is 2.26. The lowest BCUT2D eigenvalue weighted by Gasteiger charge is -2.33. The van der Waals surface area contributed by atoms with Crippen molar-refractivity contribution in [2.24, 2.45) is 5.92 Å². The Morgan fingerprint density at radius 3 is 1.38 bits per heavy atom. The van der Waals surface area contributed by atoms with Crippen molar-refractivity contribution < 1.29 is 23.9 Å². The molecular weight excluding hydrogens is 893 g/mol. The Bertz CT molecular complexity index is 1070. The number of amides is 1. The van der Waals surface area contributed by atoms with Crippen LogP contribution in [0.15, 0.2) is 0 Å². The minimum atomic E-state index is 0.00589. The quantitative estimate of drug-likeness (QED) is 0.0258. The molecule has 0 bridgehead atoms. The summed E-state index contributed by atoms with van der Waals surface area (Å²) in [5.74, 6) is 2.43. The molecule has 0 radical (unpaired) electrons. The number of carbonyl (C=O) groups excluding carboxylic acids is 3. The van der Waals surface area contributed by atoms with E-state index in [2.05, 4.69) is 58.3 Å². The van der Waals surface area contributed by atoms with Crippen molar-refractivity contribution in [3.8, 4) is 0 Å². The van der Waals surface area contributed by atoms with Gasteiger partial charge in [0.15, 0.2) is 0 Å². The molecule has 0 aliphatic heterocycles. The summed E-state index contributed by atoms with van der Waals surface area (Å²) in [6.45, 7) is 20.4. The van der Waals surface area contributed by atoms with Crippen LogP contribution in [0, 0.1) is 5.92 Å². The first-order valence-corrected chi connectivity index (χ1v) is 32.8. The zero-order valence-corrected chi connectivity index (χ0v) is 48.8. The Labute approximate surface area is 438 Å². The molecule has 7 nitrogen and oxygen atoms in total. The standard InChI is InChI=1S/C60H118N2O5S2/c1-8-15-20-34-43-57(44-35-21-16-9-2)66-54-55(53-63)40-31-27-26-29-33-42-56(62(50-39-49-61(13-6)14-7)59(64)48-52-69-68-51-19-12-5)41-32-28-24-25-30-38-47-60(65)67-58(45-36-22-17-10-3)46-37-23-18-11-4/h53,55-58H,8-52,54H2,1-7H3. The Kier molecular flexibility index (Phi) is 52.9. The Morgan fingerprint density at radius 2 is 0.884 bits per heavy atom. The second kappa shape index (κ2) is 53.5. The van der Waals surface area contributed by atoms with E-state index in [-0.39, 0.29) is 18.0 Å². The number of carbonyl (C=O) groups is 3. The average Bonchev–Trinajstić information content (AvgIpc) is 3.35. The van der Waals surface area contributed by atoms with Gasteiger partial charge in [-0.05, 0) is 96.7 Å². The van der Waals surface area contributed by atoms with Crippen LogP contribution in [0.1, 0.15) is 299 Å². The summed E-state index contributed by atoms with van der Waals surface area (Å²) < 4.78 is 12.5. The summed E-state index contributed by atoms with van der Waals surface area (Å²) in [5, 5.41) is 0. The van der Waals surface area contributed by atoms with Gasteiger partial charge in [-0.25, -0.2) is 0 Å². The highest BCUT2D eigenvalue weighted by Gasteiger charge is 2.23. The molecule has 0 saturated heterocycles. The summed E-state index contributed by atoms with van der Waals surface area (Å²) in [6.07, 6.45) is 46.0. The molecule has 0 aromatic carbocycles. The van der Waals surface area contributed by atoms with Gasteiger partial charge in [0.05, 0.1) is 12.7 Å². The van der Waals surface area contributed by atoms with E-state index in [1.54, 1.807) is 0 Å². The van der Waals surface area contributed by atoms with Crippen LogP contribution in [-0.2, 0) is 23.9 Å². The van der Waals surface area contributed by atoms with Gasteiger partial charge in [0, 0.05) is 42.9 Å². The lowest BCUT2D eigenvalue weighted by molar-refractivity contribution is -0.150. The number of aldehydes is 1. The largest absolute Gasteiger partial charge is 0.462 e. The molecule has 0 heterocycles. The molecule has 69 heavy (non-hydrogen) atoms. The number of unbranched alkanes of at least 4 members (excludes halogenated alkanes) is 22. The third-order valence-corrected chi connectivity index (χ3v) is 16.9. The topological polar surface area (TPSA) is 76.2 Å². The summed E-state index contributed by atoms with van der Waals surface area (Å²) in [4.78, 5) is 43.9. The normalized spacial score (nSPS) is 12.7. The van der Waals surface area contributed by atoms with Gasteiger partial charge in [-0.2, -0.15) is 0 Å². The summed E-state index contributed by atoms with van der Waals surface area (Å²) >= 11 is 0. The van der Waals surface area contributed by atoms with E-state index in [0.717, 1.165) is 140 Å². The van der Waals surface area contributed by atoms with Crippen LogP contribution < -0.4 is 0 Å². The fourth-order valence-electron chi connectivity index (χ4n) is 9.70. The Balaban J connectivity index is 5.30. The van der Waals surface area contributed by atoms with Gasteiger partial charge < -0.3 is 24.1 Å². The number of esters is 1. The summed E-state index contributed by atoms with van der Waals surface area (Å²) in [5.41, 5.74) is 0. The van der Waals surface area contributed by atoms with Crippen LogP contribution in [0.3, 0.4) is 0 Å². The molecule has 0 rings (SSSR count). The zero-order chi connectivity index (χ0) is 50.7. The van der Waals surface area contributed by atoms with E-state index in [0.29, 0.717) is 37.5 Å². The van der Waals surface area contributed by atoms with Crippen LogP contribution >= 0.6 is 21.6 Å². The van der Waals surface area contributed by atoms with Crippen molar-refractivity contribution in [3.63, 3.8) is 0 Å². The van der Waals surface area contributed by atoms with Gasteiger partial charge in [-0.15, -0.1) is 0 Å². The molecule has 0 aromatic heterocycles. The van der Waals surface area contributed by atoms with E-state index >= 15 is 0 Å². The highest BCUT2D eigenvalue weighted by atomic mass is 33.1. The van der Waals surface area contributed by atoms with Crippen molar-refractivity contribution in [2.45, 2.75) is 317 Å². The molecule has 0 aromatic rings. The maximum absolute atomic E-state index is 14.1. The highest BCUT2D eigenvalue weighted by molar-refractivity contribution is 8.76. The van der Waals surface area contributed by atoms with Crippen molar-refractivity contribution in [1.29, 1.82) is 0 Å². The van der Waals surface area contributed by atoms with Gasteiger partial charge in [0.2, 0.25) is 5.91 Å². The molecule has 410 valence electrons. The molecule has 0 fully saturated rings. The molecule has 0 spiro atoms. The molecule has 0 saturated carbocycles. The number of ether oxygens (including phenoxy) is 2. The second-order valence-corrected chi connectivity index (χ2v) is 23.4. The minimum absolute atomic E-state index is 0.00589. The van der Waals surface area contributed by atoms with E-state index in [4.69, 9.17) is 9.47 Å². The van der Waals surface area contributed by atoms with Gasteiger partial charge in [0.1, 0.15) is 12.4 Å². The third kappa shape index (κ3) is 43.4. The average molecular weight is 1010 g/mol. The first-order chi connectivity index (χ1) is 33.8. The SMILES string of the molecule is CCCCCCC(CCCCCC)OCC(C=O)CCCCCCCC(CCCCCCCCC(=O)OC(CCCCCC)CCCCCC)N(CCCN(CC)CC)C(=O)CCSSCCCC. The number of hydrogen-bond donors (Lipinski definition) is 0. The van der Waals surface area contributed by atoms with Crippen LogP contribution in [-0.4, -0.2) is 90.5 Å². The lowest BCUT2D eigenvalue weighted by atomic mass is 9.97. The van der Waals surface area contributed by atoms with Gasteiger partial charge >= 0.3 is 5.97 Å². The molecule has 0 aliphatic rings. The number of hydrogen-bond acceptors (Lipinski definition) is 8. The predicted octanol–water partition coefficient (Wildman–Crippen LogP) is 18.3. The maximum atomic E-state index is 14.1. The number of rotatable bonds is 56. The van der Waals surface area contributed by atoms with Crippen LogP contribution in [0.2, 0.25) is 0 Å². The monoisotopic (exact) mass is 1010 g/mol. The lowest BCUT2D eigenvalue weighted by Crippen LogP contribution is -2.42. The molecular formula is C60H118N2O5S2. The maximum Gasteiger partial charge on any atom is 0.306 e. The van der Waals surface area contributed by atoms with Crippen molar-refractivity contribution in [2.75, 3.05) is 44.3 Å². The van der Waals surface area contributed by atoms with Crippen molar-refractivity contribution in [3.05, 3.63) is 0 Å². The van der Waals surface area contributed by atoms with Gasteiger partial charge in [0.25, 0.3) is 0 Å². The molecule has 9 heteroatoms. The third-order valence-electron chi connectivity index (χ3n) is 14.4. The Hall–Kier alpha value is -0.770. The van der Waals surface area contributed by atoms with Crippen molar-refractivity contribution >= 4 is 39.8 Å². The smallest absolute Gasteiger partial charge is 0.306 e. The predicted molar refractivity (Wildman–Crippen MR) is 306 cm³/mol. The number of nitrogens with zero attached hydrogens (tertiary/aromatic N) is 2. The van der Waals surface area contributed by atoms with Crippen molar-refractivity contribution in [1.82, 2.24) is 9.80 Å². The van der Waals surface area contributed by atoms with E-state index in [9.17, 15) is 14.4 Å². The minimum Gasteiger partial charge on any atom is -0.462 e. The fourth-order valence-corrected chi connectivity index (χ4v) is 11.9. The molecule has 2 unspecified atom stereocenters. The Morgan fingerprint density at radius 1 is 0.449 bits per heavy atom. The van der Waals surface area contributed by atoms with E-state index < -0.39 is 0 Å². The summed E-state index contributed by atoms with van der Waals surface area (Å²) in [6, 6.07) is 0.298. The molecule has 0 aliphatic carbocycles. The summed E-state index contributed by atoms with van der Waals surface area (Å²) in [7, 11) is 3.81. The van der Waals surface area contributed by atoms with Crippen LogP contribution in [0.25, 0.3) is 0 Å². The molecule has 1 amide bonds. The first-order valence-electron chi connectivity index (χ1n) is 30.4. The van der Waals surface area contributed by atoms with E-state index in [1.807, 2.05) is 21.6 Å². The molecule has 2 atom stereocenters. The van der Waals surface area contributed by atoms with E-state index in [1.165, 1.54) is 141 Å². The second-order valence-electron chi connectivity index (χ2n) is 20.7. The van der Waals surface area contributed by atoms with Gasteiger partial charge in [-0.3, -0.25) is 9.59 Å². The van der Waals surface area contributed by atoms with Crippen LogP contribution in [0.4, 0.5) is 0 Å². The van der Waals surface area contributed by atoms with Crippen LogP contribution in [0.5, 0.6) is 0 Å². The fraction of sp³-hybridized carbons (Fsp3) is 0.950. The molecule has 0 N–H and O–H groups in total. The first kappa shape index (κ1) is 68.2. The van der Waals surface area contributed by atoms with Gasteiger partial charge in [-0.1, -0.05) is 231 Å².